The summed E-state index contributed by atoms with van der Waals surface area (Å²) in [5.41, 5.74) is 12.4. The summed E-state index contributed by atoms with van der Waals surface area (Å²) in [6, 6.07) is 5.38. The zero-order valence-corrected chi connectivity index (χ0v) is 22.3. The van der Waals surface area contributed by atoms with E-state index >= 15 is 0 Å². The van der Waals surface area contributed by atoms with Gasteiger partial charge in [0.05, 0.1) is 17.2 Å². The molecule has 11 heteroatoms. The lowest BCUT2D eigenvalue weighted by atomic mass is 9.99. The lowest BCUT2D eigenvalue weighted by molar-refractivity contribution is 0.189. The van der Waals surface area contributed by atoms with Crippen LogP contribution in [-0.2, 0) is 21.4 Å². The van der Waals surface area contributed by atoms with E-state index in [1.165, 1.54) is 4.31 Å². The summed E-state index contributed by atoms with van der Waals surface area (Å²) in [4.78, 5) is 4.23. The number of hydrogen-bond donors (Lipinski definition) is 3. The van der Waals surface area contributed by atoms with Crippen molar-refractivity contribution in [2.45, 2.75) is 63.1 Å². The van der Waals surface area contributed by atoms with Gasteiger partial charge in [-0.15, -0.1) is 22.9 Å². The van der Waals surface area contributed by atoms with E-state index in [9.17, 15) is 8.42 Å². The monoisotopic (exact) mass is 525 g/mol. The predicted molar refractivity (Wildman–Crippen MR) is 136 cm³/mol. The van der Waals surface area contributed by atoms with Gasteiger partial charge in [0.1, 0.15) is 12.4 Å². The molecule has 2 aromatic rings. The van der Waals surface area contributed by atoms with E-state index < -0.39 is 16.2 Å². The Morgan fingerprint density at radius 3 is 2.56 bits per heavy atom. The van der Waals surface area contributed by atoms with Crippen molar-refractivity contribution in [2.24, 2.45) is 17.5 Å². The molecule has 0 fully saturated rings. The molecule has 0 saturated heterocycles. The minimum atomic E-state index is -3.89. The topological polar surface area (TPSA) is 124 Å². The molecule has 1 aromatic heterocycles. The third kappa shape index (κ3) is 5.64. The Morgan fingerprint density at radius 1 is 1.29 bits per heavy atom. The van der Waals surface area contributed by atoms with Crippen molar-refractivity contribution in [3.05, 3.63) is 69.6 Å². The van der Waals surface area contributed by atoms with Gasteiger partial charge in [-0.3, -0.25) is 10.1 Å². The van der Waals surface area contributed by atoms with Gasteiger partial charge < -0.3 is 10.5 Å². The van der Waals surface area contributed by atoms with Crippen LogP contribution in [0.2, 0.25) is 0 Å². The highest BCUT2D eigenvalue weighted by molar-refractivity contribution is 7.91. The molecular formula is C23H32ClN5O3S2. The van der Waals surface area contributed by atoms with Gasteiger partial charge in [0.25, 0.3) is 10.0 Å². The van der Waals surface area contributed by atoms with Crippen LogP contribution in [0.3, 0.4) is 0 Å². The molecule has 1 aliphatic rings. The summed E-state index contributed by atoms with van der Waals surface area (Å²) in [7, 11) is -3.89. The molecular weight excluding hydrogens is 494 g/mol. The van der Waals surface area contributed by atoms with Gasteiger partial charge in [0.15, 0.2) is 0 Å². The number of alkyl halides is 1. The largest absolute Gasteiger partial charge is 0.487 e. The Balaban J connectivity index is 1.93. The predicted octanol–water partition coefficient (Wildman–Crippen LogP) is 3.82. The maximum Gasteiger partial charge on any atom is 0.292 e. The normalized spacial score (nSPS) is 19.6. The van der Waals surface area contributed by atoms with Crippen molar-refractivity contribution >= 4 is 33.0 Å². The second-order valence-electron chi connectivity index (χ2n) is 8.65. The highest BCUT2D eigenvalue weighted by Gasteiger charge is 2.36. The molecule has 3 unspecified atom stereocenters. The number of rotatable bonds is 9. The zero-order chi connectivity index (χ0) is 25.2. The van der Waals surface area contributed by atoms with Gasteiger partial charge in [-0.1, -0.05) is 31.2 Å². The maximum absolute atomic E-state index is 13.6. The van der Waals surface area contributed by atoms with Crippen LogP contribution in [0, 0.1) is 19.8 Å². The number of sulfonamides is 1. The van der Waals surface area contributed by atoms with Crippen LogP contribution in [0.5, 0.6) is 0 Å². The fourth-order valence-electron chi connectivity index (χ4n) is 3.66. The summed E-state index contributed by atoms with van der Waals surface area (Å²) in [6.07, 6.45) is 3.16. The van der Waals surface area contributed by atoms with Crippen molar-refractivity contribution in [3.63, 3.8) is 0 Å². The molecule has 8 nitrogen and oxygen atoms in total. The summed E-state index contributed by atoms with van der Waals surface area (Å²) in [5, 5.41) is 1.40. The number of thiazole rings is 1. The number of aryl methyl sites for hydroxylation is 2. The van der Waals surface area contributed by atoms with E-state index in [4.69, 9.17) is 27.9 Å². The van der Waals surface area contributed by atoms with Crippen molar-refractivity contribution in [1.82, 2.24) is 14.7 Å². The number of hydrazine groups is 1. The Hall–Kier alpha value is -1.95. The van der Waals surface area contributed by atoms with E-state index in [0.717, 1.165) is 28.0 Å². The van der Waals surface area contributed by atoms with Crippen LogP contribution in [0.25, 0.3) is 0 Å². The Labute approximate surface area is 210 Å². The smallest absolute Gasteiger partial charge is 0.292 e. The Morgan fingerprint density at radius 2 is 2.00 bits per heavy atom. The third-order valence-corrected chi connectivity index (χ3v) is 9.42. The number of allylic oxidation sites excluding steroid dienone is 2. The average Bonchev–Trinajstić information content (AvgIpc) is 3.22. The molecule has 0 radical (unpaired) electrons. The summed E-state index contributed by atoms with van der Waals surface area (Å²) in [6.45, 7) is 9.56. The molecule has 3 atom stereocenters. The molecule has 5 N–H and O–H groups in total. The number of nitrogens with one attached hydrogen (secondary N) is 1. The molecule has 0 spiro atoms. The first-order chi connectivity index (χ1) is 15.9. The zero-order valence-electron chi connectivity index (χ0n) is 19.9. The van der Waals surface area contributed by atoms with Gasteiger partial charge in [-0.25, -0.2) is 10.4 Å². The molecule has 3 rings (SSSR count). The fourth-order valence-corrected chi connectivity index (χ4v) is 6.63. The van der Waals surface area contributed by atoms with E-state index in [1.807, 2.05) is 52.0 Å². The van der Waals surface area contributed by atoms with Crippen molar-refractivity contribution < 1.29 is 13.2 Å². The lowest BCUT2D eigenvalue weighted by Gasteiger charge is -2.34. The molecule has 186 valence electrons. The number of nitrogens with two attached hydrogens (primary N) is 2. The summed E-state index contributed by atoms with van der Waals surface area (Å²) < 4.78 is 34.7. The SMILES string of the molecule is Cc1csc(S(=O)(=O)N(C2=CC(C)C(Cl)C=C2OCc2ccc(C(N)NN)cc2C)C(C)C)n1. The first-order valence-corrected chi connectivity index (χ1v) is 13.7. The highest BCUT2D eigenvalue weighted by atomic mass is 35.5. The van der Waals surface area contributed by atoms with Gasteiger partial charge in [-0.05, 0) is 56.4 Å². The molecule has 1 aromatic carbocycles. The number of halogens is 1. The average molecular weight is 526 g/mol. The van der Waals surface area contributed by atoms with Gasteiger partial charge in [-0.2, -0.15) is 8.42 Å². The quantitative estimate of drug-likeness (QED) is 0.197. The van der Waals surface area contributed by atoms with E-state index in [1.54, 1.807) is 18.4 Å². The molecule has 1 heterocycles. The van der Waals surface area contributed by atoms with Crippen LogP contribution in [0.1, 0.15) is 49.3 Å². The van der Waals surface area contributed by atoms with Crippen LogP contribution in [0.4, 0.5) is 0 Å². The Bertz CT molecular complexity index is 1190. The van der Waals surface area contributed by atoms with Crippen LogP contribution in [0.15, 0.2) is 51.5 Å². The first-order valence-electron chi connectivity index (χ1n) is 10.9. The second-order valence-corrected chi connectivity index (χ2v) is 12.0. The van der Waals surface area contributed by atoms with Crippen LogP contribution >= 0.6 is 22.9 Å². The van der Waals surface area contributed by atoms with Gasteiger partial charge in [0.2, 0.25) is 4.34 Å². The minimum absolute atomic E-state index is 0.0517. The number of benzene rings is 1. The molecule has 0 aliphatic heterocycles. The van der Waals surface area contributed by atoms with Gasteiger partial charge in [0, 0.05) is 17.1 Å². The second kappa shape index (κ2) is 10.8. The summed E-state index contributed by atoms with van der Waals surface area (Å²) in [5.74, 6) is 5.78. The molecule has 34 heavy (non-hydrogen) atoms. The van der Waals surface area contributed by atoms with E-state index in [2.05, 4.69) is 10.4 Å². The van der Waals surface area contributed by atoms with Crippen molar-refractivity contribution in [1.29, 1.82) is 0 Å². The standard InChI is InChI=1S/C23H32ClN5O3S2/c1-13(2)29(34(30,31)23-27-16(5)12-33-23)20-9-15(4)19(24)10-21(20)32-11-18-7-6-17(8-14(18)3)22(25)28-26/h6-10,12-13,15,19,22,28H,11,25-26H2,1-5H3. The lowest BCUT2D eigenvalue weighted by Crippen LogP contribution is -2.38. The van der Waals surface area contributed by atoms with E-state index in [-0.39, 0.29) is 28.3 Å². The molecule has 0 amide bonds. The number of aromatic nitrogens is 1. The molecule has 0 bridgehead atoms. The maximum atomic E-state index is 13.6. The first kappa shape index (κ1) is 26.7. The number of nitrogens with zero attached hydrogens (tertiary/aromatic N) is 2. The van der Waals surface area contributed by atoms with Crippen LogP contribution in [-0.4, -0.2) is 29.1 Å². The highest BCUT2D eigenvalue weighted by Crippen LogP contribution is 2.35. The van der Waals surface area contributed by atoms with Gasteiger partial charge >= 0.3 is 0 Å². The third-order valence-electron chi connectivity index (χ3n) is 5.56. The molecule has 0 saturated carbocycles. The summed E-state index contributed by atoms with van der Waals surface area (Å²) >= 11 is 7.63. The van der Waals surface area contributed by atoms with Crippen molar-refractivity contribution in [2.75, 3.05) is 0 Å². The fraction of sp³-hybridized carbons (Fsp3) is 0.435. The van der Waals surface area contributed by atoms with E-state index in [0.29, 0.717) is 17.2 Å². The van der Waals surface area contributed by atoms with Crippen LogP contribution < -0.4 is 17.0 Å². The van der Waals surface area contributed by atoms with Crippen molar-refractivity contribution in [3.8, 4) is 0 Å². The number of ether oxygens (including phenoxy) is 1. The number of hydrogen-bond acceptors (Lipinski definition) is 8. The molecule has 1 aliphatic carbocycles. The Kier molecular flexibility index (Phi) is 8.43. The minimum Gasteiger partial charge on any atom is -0.487 e.